The molecule has 0 heterocycles. The Morgan fingerprint density at radius 3 is 2.00 bits per heavy atom. The fourth-order valence-electron chi connectivity index (χ4n) is 2.74. The predicted octanol–water partition coefficient (Wildman–Crippen LogP) is 1.26. The Morgan fingerprint density at radius 2 is 1.62 bits per heavy atom. The lowest BCUT2D eigenvalue weighted by atomic mass is 9.75. The van der Waals surface area contributed by atoms with Crippen LogP contribution in [0.1, 0.15) is 43.9 Å². The molecule has 1 aromatic rings. The first kappa shape index (κ1) is 22.3. The molecule has 1 unspecified atom stereocenters. The number of aromatic hydroxyl groups is 1. The van der Waals surface area contributed by atoms with E-state index in [-0.39, 0.29) is 32.2 Å². The third-order valence-electron chi connectivity index (χ3n) is 4.61. The maximum Gasteiger partial charge on any atom is 0.126 e. The van der Waals surface area contributed by atoms with Crippen LogP contribution in [0.2, 0.25) is 0 Å². The van der Waals surface area contributed by atoms with Crippen molar-refractivity contribution in [2.75, 3.05) is 13.2 Å². The lowest BCUT2D eigenvalue weighted by Gasteiger charge is -2.30. The Balaban J connectivity index is 3.54. The van der Waals surface area contributed by atoms with Gasteiger partial charge in [-0.15, -0.1) is 0 Å². The van der Waals surface area contributed by atoms with Crippen molar-refractivity contribution >= 4 is 0 Å². The molecule has 0 radical (unpaired) electrons. The van der Waals surface area contributed by atoms with Gasteiger partial charge in [0.1, 0.15) is 5.75 Å². The van der Waals surface area contributed by atoms with Gasteiger partial charge in [0.25, 0.3) is 0 Å². The number of allylic oxidation sites excluding steroid dienone is 2. The summed E-state index contributed by atoms with van der Waals surface area (Å²) < 4.78 is 0. The molecule has 0 aliphatic heterocycles. The van der Waals surface area contributed by atoms with Crippen molar-refractivity contribution < 1.29 is 30.6 Å². The number of aliphatic hydroxyl groups is 5. The van der Waals surface area contributed by atoms with Gasteiger partial charge in [-0.3, -0.25) is 0 Å². The fraction of sp³-hybridized carbons (Fsp3) is 0.500. The van der Waals surface area contributed by atoms with Crippen LogP contribution in [0.4, 0.5) is 0 Å². The minimum absolute atomic E-state index is 0.0457. The molecule has 1 atom stereocenters. The third kappa shape index (κ3) is 5.16. The largest absolute Gasteiger partial charge is 0.507 e. The second-order valence-electron chi connectivity index (χ2n) is 6.81. The van der Waals surface area contributed by atoms with Crippen LogP contribution in [0, 0.1) is 0 Å². The summed E-state index contributed by atoms with van der Waals surface area (Å²) in [6.07, 6.45) is 3.09. The number of hydrogen-bond donors (Lipinski definition) is 6. The summed E-state index contributed by atoms with van der Waals surface area (Å²) in [7, 11) is 0. The Bertz CT molecular complexity index is 633. The molecule has 0 bridgehead atoms. The molecular formula is C20H30O6. The first-order valence-electron chi connectivity index (χ1n) is 8.60. The molecule has 1 aromatic carbocycles. The first-order valence-corrected chi connectivity index (χ1v) is 8.60. The Morgan fingerprint density at radius 1 is 1.08 bits per heavy atom. The molecule has 0 amide bonds. The third-order valence-corrected chi connectivity index (χ3v) is 4.61. The van der Waals surface area contributed by atoms with Crippen LogP contribution in [0.15, 0.2) is 35.4 Å². The molecule has 0 aliphatic rings. The Hall–Kier alpha value is -1.70. The van der Waals surface area contributed by atoms with Gasteiger partial charge < -0.3 is 30.6 Å². The van der Waals surface area contributed by atoms with E-state index < -0.39 is 11.5 Å². The highest BCUT2D eigenvalue weighted by atomic mass is 16.3. The van der Waals surface area contributed by atoms with E-state index in [2.05, 4.69) is 0 Å². The van der Waals surface area contributed by atoms with Crippen molar-refractivity contribution in [2.45, 2.75) is 51.9 Å². The van der Waals surface area contributed by atoms with Gasteiger partial charge in [0.05, 0.1) is 25.9 Å². The number of aliphatic hydroxyl groups excluding tert-OH is 5. The monoisotopic (exact) mass is 366 g/mol. The van der Waals surface area contributed by atoms with Crippen LogP contribution in [-0.4, -0.2) is 50.0 Å². The topological polar surface area (TPSA) is 121 Å². The van der Waals surface area contributed by atoms with Gasteiger partial charge in [0, 0.05) is 23.1 Å². The average Bonchev–Trinajstić information content (AvgIpc) is 2.61. The maximum absolute atomic E-state index is 10.1. The van der Waals surface area contributed by atoms with Gasteiger partial charge in [-0.25, -0.2) is 0 Å². The van der Waals surface area contributed by atoms with Gasteiger partial charge >= 0.3 is 0 Å². The second kappa shape index (κ2) is 9.85. The van der Waals surface area contributed by atoms with E-state index in [0.717, 1.165) is 11.1 Å². The van der Waals surface area contributed by atoms with E-state index in [9.17, 15) is 30.6 Å². The van der Waals surface area contributed by atoms with Crippen LogP contribution < -0.4 is 0 Å². The smallest absolute Gasteiger partial charge is 0.126 e. The Kier molecular flexibility index (Phi) is 8.46. The van der Waals surface area contributed by atoms with Crippen LogP contribution in [0.3, 0.4) is 0 Å². The highest BCUT2D eigenvalue weighted by Crippen LogP contribution is 2.37. The van der Waals surface area contributed by atoms with Gasteiger partial charge in [0.2, 0.25) is 0 Å². The fourth-order valence-corrected chi connectivity index (χ4v) is 2.74. The van der Waals surface area contributed by atoms with Crippen molar-refractivity contribution in [1.82, 2.24) is 0 Å². The van der Waals surface area contributed by atoms with Crippen LogP contribution >= 0.6 is 0 Å². The summed E-state index contributed by atoms with van der Waals surface area (Å²) >= 11 is 0. The molecule has 0 saturated heterocycles. The summed E-state index contributed by atoms with van der Waals surface area (Å²) in [5, 5.41) is 57.6. The molecular weight excluding hydrogens is 336 g/mol. The average molecular weight is 366 g/mol. The van der Waals surface area contributed by atoms with Crippen LogP contribution in [-0.2, 0) is 18.6 Å². The maximum atomic E-state index is 10.1. The number of benzene rings is 1. The van der Waals surface area contributed by atoms with Crippen molar-refractivity contribution in [3.63, 3.8) is 0 Å². The molecule has 0 aliphatic carbocycles. The molecule has 146 valence electrons. The summed E-state index contributed by atoms with van der Waals surface area (Å²) in [5.41, 5.74) is 1.92. The summed E-state index contributed by atoms with van der Waals surface area (Å²) in [5.74, 6) is -0.133. The van der Waals surface area contributed by atoms with Gasteiger partial charge in [-0.05, 0) is 42.2 Å². The first-order chi connectivity index (χ1) is 12.2. The molecule has 0 spiro atoms. The van der Waals surface area contributed by atoms with E-state index in [0.29, 0.717) is 23.1 Å². The minimum Gasteiger partial charge on any atom is -0.507 e. The van der Waals surface area contributed by atoms with Gasteiger partial charge in [-0.1, -0.05) is 26.0 Å². The molecule has 0 saturated carbocycles. The number of phenols is 1. The van der Waals surface area contributed by atoms with E-state index in [1.165, 1.54) is 0 Å². The van der Waals surface area contributed by atoms with Gasteiger partial charge in [0.15, 0.2) is 0 Å². The van der Waals surface area contributed by atoms with Crippen LogP contribution in [0.25, 0.3) is 0 Å². The number of hydrogen-bond acceptors (Lipinski definition) is 6. The summed E-state index contributed by atoms with van der Waals surface area (Å²) in [6.45, 7) is 4.30. The van der Waals surface area contributed by atoms with E-state index in [1.807, 2.05) is 19.9 Å². The zero-order valence-corrected chi connectivity index (χ0v) is 15.6. The van der Waals surface area contributed by atoms with Crippen molar-refractivity contribution in [3.05, 3.63) is 52.1 Å². The van der Waals surface area contributed by atoms with Crippen molar-refractivity contribution in [1.29, 1.82) is 0 Å². The van der Waals surface area contributed by atoms with Crippen molar-refractivity contribution in [3.8, 4) is 5.75 Å². The molecule has 6 N–H and O–H groups in total. The molecule has 6 heteroatoms. The molecule has 6 nitrogen and oxygen atoms in total. The van der Waals surface area contributed by atoms with Crippen LogP contribution in [0.5, 0.6) is 5.75 Å². The summed E-state index contributed by atoms with van der Waals surface area (Å²) in [6, 6.07) is 3.33. The van der Waals surface area contributed by atoms with E-state index >= 15 is 0 Å². The predicted molar refractivity (Wildman–Crippen MR) is 99.6 cm³/mol. The molecule has 0 fully saturated rings. The van der Waals surface area contributed by atoms with Gasteiger partial charge in [-0.2, -0.15) is 0 Å². The lowest BCUT2D eigenvalue weighted by Crippen LogP contribution is -2.22. The highest BCUT2D eigenvalue weighted by Gasteiger charge is 2.27. The quantitative estimate of drug-likeness (QED) is 0.366. The molecule has 0 aromatic heterocycles. The lowest BCUT2D eigenvalue weighted by molar-refractivity contribution is 0.204. The second-order valence-corrected chi connectivity index (χ2v) is 6.81. The normalized spacial score (nSPS) is 14.6. The number of rotatable bonds is 9. The SMILES string of the molecule is CC(O)/C(=C\C(=CCCO)C(C)(C)c1cc(CO)c(O)c(CO)c1)CO. The van der Waals surface area contributed by atoms with E-state index in [1.54, 1.807) is 25.1 Å². The standard InChI is InChI=1S/C20H30O6/c1-13(25)14(10-22)7-17(5-4-6-21)20(2,3)18-8-15(11-23)19(26)16(9-18)12-24/h5,7-9,13,21-26H,4,6,10-12H2,1-3H3/b14-7-,17-5?. The zero-order chi connectivity index (χ0) is 19.9. The van der Waals surface area contributed by atoms with Crippen molar-refractivity contribution in [2.24, 2.45) is 0 Å². The van der Waals surface area contributed by atoms with E-state index in [4.69, 9.17) is 0 Å². The minimum atomic E-state index is -0.825. The Labute approximate surface area is 154 Å². The zero-order valence-electron chi connectivity index (χ0n) is 15.6. The molecule has 26 heavy (non-hydrogen) atoms. The highest BCUT2D eigenvalue weighted by molar-refractivity contribution is 5.50. The summed E-state index contributed by atoms with van der Waals surface area (Å²) in [4.78, 5) is 0. The molecule has 1 rings (SSSR count).